The van der Waals surface area contributed by atoms with Crippen molar-refractivity contribution in [2.75, 3.05) is 10.6 Å². The van der Waals surface area contributed by atoms with Crippen molar-refractivity contribution in [1.29, 1.82) is 0 Å². The van der Waals surface area contributed by atoms with Gasteiger partial charge in [0.15, 0.2) is 0 Å². The number of rotatable bonds is 4. The average molecular weight is 652 g/mol. The lowest BCUT2D eigenvalue weighted by Crippen LogP contribution is -2.29. The highest BCUT2D eigenvalue weighted by atomic mass is 35.5. The Morgan fingerprint density at radius 1 is 0.690 bits per heavy atom. The second-order valence-electron chi connectivity index (χ2n) is 11.7. The smallest absolute Gasteiger partial charge is 0.273 e. The maximum absolute atomic E-state index is 12.4. The normalized spacial score (nSPS) is 11.5. The zero-order valence-corrected chi connectivity index (χ0v) is 27.8. The summed E-state index contributed by atoms with van der Waals surface area (Å²) in [6, 6.07) is 13.5. The minimum Gasteiger partial charge on any atom is -0.321 e. The van der Waals surface area contributed by atoms with Crippen molar-refractivity contribution in [2.24, 2.45) is 7.05 Å². The third-order valence-corrected chi connectivity index (χ3v) is 7.41. The van der Waals surface area contributed by atoms with Crippen molar-refractivity contribution in [3.63, 3.8) is 0 Å². The van der Waals surface area contributed by atoms with Gasteiger partial charge in [-0.2, -0.15) is 10.2 Å². The Kier molecular flexibility index (Phi) is 10.4. The zero-order valence-electron chi connectivity index (χ0n) is 24.7. The lowest BCUT2D eigenvalue weighted by atomic mass is 9.92. The molecule has 0 saturated heterocycles. The Hall–Kier alpha value is -3.04. The molecule has 0 radical (unpaired) electrons. The minimum atomic E-state index is -0.279. The molecule has 12 heteroatoms. The van der Waals surface area contributed by atoms with Crippen molar-refractivity contribution in [3.05, 3.63) is 91.4 Å². The molecule has 0 saturated carbocycles. The molecule has 2 heterocycles. The van der Waals surface area contributed by atoms with Crippen LogP contribution in [-0.4, -0.2) is 31.4 Å². The van der Waals surface area contributed by atoms with E-state index in [1.165, 1.54) is 0 Å². The molecule has 2 aromatic carbocycles. The Morgan fingerprint density at radius 3 is 1.57 bits per heavy atom. The van der Waals surface area contributed by atoms with Gasteiger partial charge in [0.2, 0.25) is 0 Å². The van der Waals surface area contributed by atoms with E-state index in [4.69, 9.17) is 46.4 Å². The van der Waals surface area contributed by atoms with E-state index in [1.54, 1.807) is 64.9 Å². The van der Waals surface area contributed by atoms with Gasteiger partial charge in [0.05, 0.1) is 37.0 Å². The first-order valence-corrected chi connectivity index (χ1v) is 14.5. The number of halogens is 4. The van der Waals surface area contributed by atoms with Crippen LogP contribution in [0.1, 0.15) is 73.9 Å². The Morgan fingerprint density at radius 2 is 1.17 bits per heavy atom. The van der Waals surface area contributed by atoms with E-state index in [-0.39, 0.29) is 22.8 Å². The molecule has 0 bridgehead atoms. The van der Waals surface area contributed by atoms with Crippen molar-refractivity contribution in [3.8, 4) is 0 Å². The number of aryl methyl sites for hydroxylation is 2. The largest absolute Gasteiger partial charge is 0.321 e. The van der Waals surface area contributed by atoms with Crippen LogP contribution in [0.15, 0.2) is 48.5 Å². The summed E-state index contributed by atoms with van der Waals surface area (Å²) in [7, 11) is 1.75. The predicted molar refractivity (Wildman–Crippen MR) is 173 cm³/mol. The number of nitrogens with zero attached hydrogens (tertiary/aromatic N) is 4. The van der Waals surface area contributed by atoms with E-state index in [0.717, 1.165) is 11.4 Å². The van der Waals surface area contributed by atoms with Crippen molar-refractivity contribution >= 4 is 69.6 Å². The number of carbonyl (C=O) groups excluding carboxylic acids is 2. The fraction of sp³-hybridized carbons (Fsp3) is 0.333. The van der Waals surface area contributed by atoms with Crippen LogP contribution in [0.4, 0.5) is 11.4 Å². The number of hydrogen-bond acceptors (Lipinski definition) is 4. The Balaban J connectivity index is 0.000000230. The average Bonchev–Trinajstić information content (AvgIpc) is 3.47. The van der Waals surface area contributed by atoms with Crippen molar-refractivity contribution < 1.29 is 9.59 Å². The monoisotopic (exact) mass is 650 g/mol. The molecule has 0 atom stereocenters. The van der Waals surface area contributed by atoms with Crippen LogP contribution in [0, 0.1) is 6.92 Å². The SMILES string of the molecule is Cc1cc(C(=O)Nc2ccc(Cl)c(Cl)c2)n(C(C)(C)C)n1.Cn1nc(C(C)(C)C)cc1C(=O)Nc1ccc(Cl)c(Cl)c1. The molecule has 42 heavy (non-hydrogen) atoms. The quantitative estimate of drug-likeness (QED) is 0.231. The molecule has 2 aromatic heterocycles. The standard InChI is InChI=1S/2C15H17Cl2N3O/c1-15(2,3)13-8-12(20(4)19-13)14(21)18-9-5-6-10(16)11(17)7-9;1-9-7-13(20(19-9)15(2,3)4)14(21)18-10-5-6-11(16)12(17)8-10/h2*5-8H,1-4H3,(H,18,21). The van der Waals surface area contributed by atoms with Gasteiger partial charge in [0.1, 0.15) is 11.4 Å². The van der Waals surface area contributed by atoms with E-state index in [2.05, 4.69) is 41.6 Å². The number of benzene rings is 2. The fourth-order valence-corrected chi connectivity index (χ4v) is 4.35. The second-order valence-corrected chi connectivity index (χ2v) is 13.3. The van der Waals surface area contributed by atoms with E-state index in [9.17, 15) is 9.59 Å². The number of carbonyl (C=O) groups is 2. The molecule has 0 spiro atoms. The summed E-state index contributed by atoms with van der Waals surface area (Å²) in [6.07, 6.45) is 0. The summed E-state index contributed by atoms with van der Waals surface area (Å²) in [6.45, 7) is 14.0. The first kappa shape index (κ1) is 33.5. The maximum Gasteiger partial charge on any atom is 0.273 e. The van der Waals surface area contributed by atoms with Crippen LogP contribution < -0.4 is 10.6 Å². The number of hydrogen-bond donors (Lipinski definition) is 2. The molecule has 4 aromatic rings. The lowest BCUT2D eigenvalue weighted by molar-refractivity contribution is 0.100. The van der Waals surface area contributed by atoms with Crippen molar-refractivity contribution in [1.82, 2.24) is 19.6 Å². The molecule has 0 unspecified atom stereocenters. The summed E-state index contributed by atoms with van der Waals surface area (Å²) < 4.78 is 3.29. The van der Waals surface area contributed by atoms with E-state index >= 15 is 0 Å². The van der Waals surface area contributed by atoms with Gasteiger partial charge in [-0.15, -0.1) is 0 Å². The number of amides is 2. The summed E-state index contributed by atoms with van der Waals surface area (Å²) >= 11 is 23.6. The number of nitrogens with one attached hydrogen (secondary N) is 2. The summed E-state index contributed by atoms with van der Waals surface area (Å²) in [5.74, 6) is -0.470. The molecule has 2 N–H and O–H groups in total. The fourth-order valence-electron chi connectivity index (χ4n) is 3.76. The van der Waals surface area contributed by atoms with Gasteiger partial charge in [0.25, 0.3) is 11.8 Å². The van der Waals surface area contributed by atoms with E-state index in [0.29, 0.717) is 42.9 Å². The van der Waals surface area contributed by atoms with Crippen LogP contribution in [0.2, 0.25) is 20.1 Å². The third-order valence-electron chi connectivity index (χ3n) is 5.94. The summed E-state index contributed by atoms with van der Waals surface area (Å²) in [5.41, 5.74) is 3.45. The second kappa shape index (κ2) is 13.1. The molecule has 224 valence electrons. The van der Waals surface area contributed by atoms with Gasteiger partial charge in [-0.3, -0.25) is 19.0 Å². The molecule has 0 fully saturated rings. The molecular weight excluding hydrogens is 618 g/mol. The molecule has 0 aliphatic heterocycles. The highest BCUT2D eigenvalue weighted by Crippen LogP contribution is 2.27. The van der Waals surface area contributed by atoms with Crippen LogP contribution in [0.25, 0.3) is 0 Å². The Labute approximate surface area is 266 Å². The number of aromatic nitrogens is 4. The van der Waals surface area contributed by atoms with Gasteiger partial charge >= 0.3 is 0 Å². The van der Waals surface area contributed by atoms with Crippen LogP contribution in [0.3, 0.4) is 0 Å². The van der Waals surface area contributed by atoms with Crippen LogP contribution >= 0.6 is 46.4 Å². The molecule has 0 aliphatic rings. The zero-order chi connectivity index (χ0) is 31.6. The number of anilines is 2. The van der Waals surface area contributed by atoms with Gasteiger partial charge < -0.3 is 10.6 Å². The van der Waals surface area contributed by atoms with E-state index < -0.39 is 0 Å². The summed E-state index contributed by atoms with van der Waals surface area (Å²) in [5, 5.41) is 16.1. The highest BCUT2D eigenvalue weighted by molar-refractivity contribution is 6.42. The predicted octanol–water partition coefficient (Wildman–Crippen LogP) is 8.78. The lowest BCUT2D eigenvalue weighted by Gasteiger charge is -2.22. The highest BCUT2D eigenvalue weighted by Gasteiger charge is 2.23. The molecular formula is C30H34Cl4N6O2. The van der Waals surface area contributed by atoms with Crippen molar-refractivity contribution in [2.45, 2.75) is 59.4 Å². The van der Waals surface area contributed by atoms with Gasteiger partial charge in [-0.05, 0) is 76.2 Å². The Bertz CT molecular complexity index is 1610. The van der Waals surface area contributed by atoms with Crippen LogP contribution in [-0.2, 0) is 18.0 Å². The topological polar surface area (TPSA) is 93.8 Å². The molecule has 4 rings (SSSR count). The third kappa shape index (κ3) is 8.51. The van der Waals surface area contributed by atoms with Gasteiger partial charge in [0, 0.05) is 23.8 Å². The van der Waals surface area contributed by atoms with Crippen LogP contribution in [0.5, 0.6) is 0 Å². The van der Waals surface area contributed by atoms with E-state index in [1.807, 2.05) is 27.7 Å². The molecule has 8 nitrogen and oxygen atoms in total. The molecule has 2 amide bonds. The maximum atomic E-state index is 12.4. The van der Waals surface area contributed by atoms with Gasteiger partial charge in [-0.1, -0.05) is 67.2 Å². The summed E-state index contributed by atoms with van der Waals surface area (Å²) in [4.78, 5) is 24.8. The molecule has 0 aliphatic carbocycles. The minimum absolute atomic E-state index is 0.111. The first-order valence-electron chi connectivity index (χ1n) is 13.0. The van der Waals surface area contributed by atoms with Gasteiger partial charge in [-0.25, -0.2) is 0 Å². The first-order chi connectivity index (χ1) is 19.4.